The summed E-state index contributed by atoms with van der Waals surface area (Å²) in [5.41, 5.74) is 0.842. The topological polar surface area (TPSA) is 48.0 Å². The molecule has 20 heavy (non-hydrogen) atoms. The lowest BCUT2D eigenvalue weighted by atomic mass is 10.1. The van der Waals surface area contributed by atoms with Gasteiger partial charge in [-0.3, -0.25) is 4.90 Å². The molecule has 0 radical (unpaired) electrons. The lowest BCUT2D eigenvalue weighted by Gasteiger charge is -2.33. The number of ether oxygens (including phenoxy) is 3. The maximum atomic E-state index is 11.9. The summed E-state index contributed by atoms with van der Waals surface area (Å²) in [4.78, 5) is 13.2. The zero-order valence-electron chi connectivity index (χ0n) is 11.8. The van der Waals surface area contributed by atoms with E-state index in [-0.39, 0.29) is 6.54 Å². The van der Waals surface area contributed by atoms with E-state index in [1.807, 2.05) is 6.07 Å². The summed E-state index contributed by atoms with van der Waals surface area (Å²) in [5, 5.41) is 0. The lowest BCUT2D eigenvalue weighted by molar-refractivity contribution is -0.180. The van der Waals surface area contributed by atoms with Crippen LogP contribution in [-0.2, 0) is 11.3 Å². The Balaban J connectivity index is 2.22. The number of amides is 1. The van der Waals surface area contributed by atoms with Gasteiger partial charge in [-0.15, -0.1) is 6.42 Å². The van der Waals surface area contributed by atoms with Crippen LogP contribution in [0.15, 0.2) is 18.2 Å². The molecule has 1 amide bonds. The van der Waals surface area contributed by atoms with Crippen molar-refractivity contribution in [2.75, 3.05) is 13.6 Å². The van der Waals surface area contributed by atoms with Crippen LogP contribution >= 0.6 is 0 Å². The second-order valence-corrected chi connectivity index (χ2v) is 4.96. The van der Waals surface area contributed by atoms with E-state index >= 15 is 0 Å². The highest BCUT2D eigenvalue weighted by Gasteiger charge is 2.30. The number of hydrogen-bond donors (Lipinski definition) is 0. The average Bonchev–Trinajstić information content (AvgIpc) is 2.39. The Bertz CT molecular complexity index is 559. The second-order valence-electron chi connectivity index (χ2n) is 4.96. The minimum Gasteiger partial charge on any atom is -0.459 e. The van der Waals surface area contributed by atoms with Gasteiger partial charge in [-0.2, -0.15) is 0 Å². The third-order valence-corrected chi connectivity index (χ3v) is 2.82. The van der Waals surface area contributed by atoms with Crippen molar-refractivity contribution in [1.29, 1.82) is 0 Å². The second kappa shape index (κ2) is 5.43. The molecule has 0 fully saturated rings. The molecule has 1 aliphatic heterocycles. The number of nitrogens with zero attached hydrogens (tertiary/aromatic N) is 1. The van der Waals surface area contributed by atoms with E-state index in [0.717, 1.165) is 5.56 Å². The lowest BCUT2D eigenvalue weighted by Crippen LogP contribution is -2.36. The minimum atomic E-state index is -0.750. The molecule has 0 aromatic heterocycles. The number of fused-ring (bicyclic) bond motifs is 1. The van der Waals surface area contributed by atoms with Gasteiger partial charge in [-0.05, 0) is 6.07 Å². The van der Waals surface area contributed by atoms with Crippen LogP contribution < -0.4 is 9.47 Å². The summed E-state index contributed by atoms with van der Waals surface area (Å²) >= 11 is 0. The molecule has 2 rings (SSSR count). The van der Waals surface area contributed by atoms with Gasteiger partial charge in [-0.1, -0.05) is 18.1 Å². The molecule has 0 atom stereocenters. The summed E-state index contributed by atoms with van der Waals surface area (Å²) < 4.78 is 16.6. The van der Waals surface area contributed by atoms with Crippen molar-refractivity contribution >= 4 is 6.09 Å². The molecular formula is C15H17NO4. The molecule has 0 spiro atoms. The van der Waals surface area contributed by atoms with E-state index in [4.69, 9.17) is 20.6 Å². The standard InChI is InChI=1S/C15H17NO4/c1-5-9-16(4)14(17)19-12-8-6-7-11-10-18-15(2,3)20-13(11)12/h1,6-8H,9-10H2,2-4H3. The van der Waals surface area contributed by atoms with Gasteiger partial charge in [0, 0.05) is 26.5 Å². The fourth-order valence-corrected chi connectivity index (χ4v) is 1.77. The molecule has 5 nitrogen and oxygen atoms in total. The summed E-state index contributed by atoms with van der Waals surface area (Å²) in [6.45, 7) is 4.20. The quantitative estimate of drug-likeness (QED) is 0.778. The predicted molar refractivity (Wildman–Crippen MR) is 73.4 cm³/mol. The number of rotatable bonds is 2. The monoisotopic (exact) mass is 275 g/mol. The van der Waals surface area contributed by atoms with Crippen molar-refractivity contribution < 1.29 is 19.0 Å². The highest BCUT2D eigenvalue weighted by molar-refractivity contribution is 5.72. The van der Waals surface area contributed by atoms with E-state index in [0.29, 0.717) is 18.1 Å². The largest absolute Gasteiger partial charge is 0.459 e. The SMILES string of the molecule is C#CCN(C)C(=O)Oc1cccc2c1OC(C)(C)OC2. The van der Waals surface area contributed by atoms with Gasteiger partial charge < -0.3 is 14.2 Å². The molecule has 0 bridgehead atoms. The molecule has 0 saturated heterocycles. The first-order valence-corrected chi connectivity index (χ1v) is 6.24. The summed E-state index contributed by atoms with van der Waals surface area (Å²) in [6, 6.07) is 5.34. The molecule has 1 aliphatic rings. The van der Waals surface area contributed by atoms with E-state index in [2.05, 4.69) is 5.92 Å². The Labute approximate surface area is 118 Å². The molecule has 1 aromatic rings. The van der Waals surface area contributed by atoms with Gasteiger partial charge >= 0.3 is 6.09 Å². The van der Waals surface area contributed by atoms with Gasteiger partial charge in [0.15, 0.2) is 11.5 Å². The number of carbonyl (C=O) groups is 1. The van der Waals surface area contributed by atoms with Gasteiger partial charge in [-0.25, -0.2) is 4.79 Å². The Hall–Kier alpha value is -2.19. The maximum Gasteiger partial charge on any atom is 0.415 e. The molecule has 0 saturated carbocycles. The normalized spacial score (nSPS) is 15.5. The molecule has 0 N–H and O–H groups in total. The molecule has 5 heteroatoms. The molecule has 1 aromatic carbocycles. The number of terminal acetylenes is 1. The number of benzene rings is 1. The fourth-order valence-electron chi connectivity index (χ4n) is 1.77. The molecule has 0 unspecified atom stereocenters. The van der Waals surface area contributed by atoms with Gasteiger partial charge in [0.2, 0.25) is 5.79 Å². The third-order valence-electron chi connectivity index (χ3n) is 2.82. The predicted octanol–water partition coefficient (Wildman–Crippen LogP) is 2.40. The first-order chi connectivity index (χ1) is 9.43. The Morgan fingerprint density at radius 1 is 1.55 bits per heavy atom. The van der Waals surface area contributed by atoms with Crippen LogP contribution in [0.4, 0.5) is 4.79 Å². The number of para-hydroxylation sites is 1. The van der Waals surface area contributed by atoms with Crippen molar-refractivity contribution in [3.8, 4) is 23.8 Å². The van der Waals surface area contributed by atoms with Crippen LogP contribution in [0.3, 0.4) is 0 Å². The molecular weight excluding hydrogens is 258 g/mol. The highest BCUT2D eigenvalue weighted by atomic mass is 16.7. The van der Waals surface area contributed by atoms with Crippen molar-refractivity contribution in [2.45, 2.75) is 26.2 Å². The first-order valence-electron chi connectivity index (χ1n) is 6.24. The van der Waals surface area contributed by atoms with Crippen molar-refractivity contribution in [2.24, 2.45) is 0 Å². The van der Waals surface area contributed by atoms with Gasteiger partial charge in [0.05, 0.1) is 13.2 Å². The first kappa shape index (κ1) is 14.2. The van der Waals surface area contributed by atoms with Gasteiger partial charge in [0.25, 0.3) is 0 Å². The Morgan fingerprint density at radius 2 is 2.30 bits per heavy atom. The summed E-state index contributed by atoms with van der Waals surface area (Å²) in [6.07, 6.45) is 4.64. The summed E-state index contributed by atoms with van der Waals surface area (Å²) in [5.74, 6) is 2.54. The highest BCUT2D eigenvalue weighted by Crippen LogP contribution is 2.38. The smallest absolute Gasteiger partial charge is 0.415 e. The average molecular weight is 275 g/mol. The van der Waals surface area contributed by atoms with Gasteiger partial charge in [0.1, 0.15) is 0 Å². The van der Waals surface area contributed by atoms with Crippen LogP contribution in [-0.4, -0.2) is 30.4 Å². The van der Waals surface area contributed by atoms with E-state index in [9.17, 15) is 4.79 Å². The maximum absolute atomic E-state index is 11.9. The van der Waals surface area contributed by atoms with Crippen LogP contribution in [0.25, 0.3) is 0 Å². The third kappa shape index (κ3) is 3.03. The van der Waals surface area contributed by atoms with Crippen LogP contribution in [0, 0.1) is 12.3 Å². The van der Waals surface area contributed by atoms with Crippen LogP contribution in [0.2, 0.25) is 0 Å². The fraction of sp³-hybridized carbons (Fsp3) is 0.400. The zero-order chi connectivity index (χ0) is 14.8. The minimum absolute atomic E-state index is 0.184. The number of hydrogen-bond acceptors (Lipinski definition) is 4. The van der Waals surface area contributed by atoms with Crippen molar-refractivity contribution in [3.05, 3.63) is 23.8 Å². The Kier molecular flexibility index (Phi) is 3.86. The molecule has 106 valence electrons. The van der Waals surface area contributed by atoms with E-state index in [1.54, 1.807) is 33.0 Å². The molecule has 0 aliphatic carbocycles. The van der Waals surface area contributed by atoms with E-state index < -0.39 is 11.9 Å². The zero-order valence-corrected chi connectivity index (χ0v) is 11.8. The van der Waals surface area contributed by atoms with Crippen molar-refractivity contribution in [1.82, 2.24) is 4.90 Å². The van der Waals surface area contributed by atoms with Crippen molar-refractivity contribution in [3.63, 3.8) is 0 Å². The Morgan fingerprint density at radius 3 is 3.00 bits per heavy atom. The van der Waals surface area contributed by atoms with E-state index in [1.165, 1.54) is 4.90 Å². The van der Waals surface area contributed by atoms with Crippen LogP contribution in [0.5, 0.6) is 11.5 Å². The van der Waals surface area contributed by atoms with Crippen LogP contribution in [0.1, 0.15) is 19.4 Å². The summed E-state index contributed by atoms with van der Waals surface area (Å²) in [7, 11) is 1.57. The molecule has 1 heterocycles. The number of carbonyl (C=O) groups excluding carboxylic acids is 1.